The van der Waals surface area contributed by atoms with Crippen molar-refractivity contribution >= 4 is 0 Å². The van der Waals surface area contributed by atoms with E-state index in [0.29, 0.717) is 5.41 Å². The van der Waals surface area contributed by atoms with E-state index >= 15 is 0 Å². The molecule has 0 aliphatic carbocycles. The predicted octanol–water partition coefficient (Wildman–Crippen LogP) is 0.936. The zero-order valence-electron chi connectivity index (χ0n) is 10.1. The number of hydrogen-bond donors (Lipinski definition) is 2. The van der Waals surface area contributed by atoms with Crippen molar-refractivity contribution in [1.29, 1.82) is 0 Å². The second-order valence-corrected chi connectivity index (χ2v) is 4.20. The fourth-order valence-electron chi connectivity index (χ4n) is 1.98. The quantitative estimate of drug-likeness (QED) is 0.615. The Hall–Kier alpha value is -0.120. The lowest BCUT2D eigenvalue weighted by Crippen LogP contribution is -2.42. The lowest BCUT2D eigenvalue weighted by molar-refractivity contribution is 0.136. The summed E-state index contributed by atoms with van der Waals surface area (Å²) in [6.07, 6.45) is 2.36. The monoisotopic (exact) mass is 202 g/mol. The molecule has 0 atom stereocenters. The average Bonchev–Trinajstić information content (AvgIpc) is 2.17. The average molecular weight is 202 g/mol. The highest BCUT2D eigenvalue weighted by atomic mass is 16.3. The van der Waals surface area contributed by atoms with Gasteiger partial charge in [-0.05, 0) is 32.4 Å². The van der Waals surface area contributed by atoms with Crippen molar-refractivity contribution in [3.63, 3.8) is 0 Å². The number of aliphatic hydroxyl groups is 1. The van der Waals surface area contributed by atoms with Crippen LogP contribution in [0.4, 0.5) is 0 Å². The van der Waals surface area contributed by atoms with Gasteiger partial charge in [0.25, 0.3) is 0 Å². The molecule has 0 saturated heterocycles. The second kappa shape index (κ2) is 7.21. The highest BCUT2D eigenvalue weighted by molar-refractivity contribution is 4.81. The van der Waals surface area contributed by atoms with Gasteiger partial charge in [0.1, 0.15) is 0 Å². The van der Waals surface area contributed by atoms with Crippen LogP contribution in [0.5, 0.6) is 0 Å². The first-order chi connectivity index (χ1) is 6.64. The van der Waals surface area contributed by atoms with Gasteiger partial charge in [0.15, 0.2) is 0 Å². The minimum atomic E-state index is 0.250. The molecule has 0 rings (SSSR count). The summed E-state index contributed by atoms with van der Waals surface area (Å²) in [5.41, 5.74) is 0.360. The molecule has 0 saturated carbocycles. The number of hydrogen-bond acceptors (Lipinski definition) is 3. The summed E-state index contributed by atoms with van der Waals surface area (Å²) in [6, 6.07) is 0. The molecule has 0 aliphatic heterocycles. The van der Waals surface area contributed by atoms with Gasteiger partial charge in [-0.15, -0.1) is 0 Å². The first kappa shape index (κ1) is 13.9. The maximum Gasteiger partial charge on any atom is 0.0558 e. The van der Waals surface area contributed by atoms with E-state index in [1.807, 2.05) is 7.05 Å². The van der Waals surface area contributed by atoms with E-state index in [4.69, 9.17) is 5.11 Å². The van der Waals surface area contributed by atoms with Crippen LogP contribution < -0.4 is 5.32 Å². The van der Waals surface area contributed by atoms with Crippen LogP contribution >= 0.6 is 0 Å². The summed E-state index contributed by atoms with van der Waals surface area (Å²) in [4.78, 5) is 2.21. The molecule has 0 aromatic heterocycles. The molecule has 3 heteroatoms. The van der Waals surface area contributed by atoms with Crippen molar-refractivity contribution < 1.29 is 5.11 Å². The van der Waals surface area contributed by atoms with E-state index in [0.717, 1.165) is 19.6 Å². The molecular weight excluding hydrogens is 176 g/mol. The van der Waals surface area contributed by atoms with Crippen molar-refractivity contribution in [3.8, 4) is 0 Å². The van der Waals surface area contributed by atoms with E-state index in [1.54, 1.807) is 0 Å². The number of rotatable bonds is 8. The predicted molar refractivity (Wildman–Crippen MR) is 61.5 cm³/mol. The van der Waals surface area contributed by atoms with Crippen molar-refractivity contribution in [1.82, 2.24) is 10.2 Å². The first-order valence-electron chi connectivity index (χ1n) is 5.58. The van der Waals surface area contributed by atoms with Crippen LogP contribution in [-0.2, 0) is 0 Å². The van der Waals surface area contributed by atoms with Gasteiger partial charge < -0.3 is 15.3 Å². The maximum absolute atomic E-state index is 8.85. The fourth-order valence-corrected chi connectivity index (χ4v) is 1.98. The Kier molecular flexibility index (Phi) is 7.15. The maximum atomic E-state index is 8.85. The number of likely N-dealkylation sites (N-methyl/N-ethyl adjacent to an activating group) is 1. The van der Waals surface area contributed by atoms with E-state index in [-0.39, 0.29) is 6.61 Å². The standard InChI is InChI=1S/C11H26N2O/c1-5-11(6-2,9-12-3)10-13(4)7-8-14/h12,14H,5-10H2,1-4H3. The van der Waals surface area contributed by atoms with Gasteiger partial charge in [0.2, 0.25) is 0 Å². The molecule has 0 aromatic carbocycles. The number of aliphatic hydroxyl groups excluding tert-OH is 1. The van der Waals surface area contributed by atoms with Gasteiger partial charge >= 0.3 is 0 Å². The molecule has 14 heavy (non-hydrogen) atoms. The molecule has 3 nitrogen and oxygen atoms in total. The van der Waals surface area contributed by atoms with Gasteiger partial charge in [-0.25, -0.2) is 0 Å². The Morgan fingerprint density at radius 3 is 2.21 bits per heavy atom. The van der Waals surface area contributed by atoms with Crippen LogP contribution in [0.3, 0.4) is 0 Å². The highest BCUT2D eigenvalue weighted by Crippen LogP contribution is 2.26. The van der Waals surface area contributed by atoms with Crippen molar-refractivity contribution in [2.24, 2.45) is 5.41 Å². The van der Waals surface area contributed by atoms with Gasteiger partial charge in [-0.1, -0.05) is 13.8 Å². The van der Waals surface area contributed by atoms with Crippen LogP contribution in [-0.4, -0.2) is 50.3 Å². The molecule has 86 valence electrons. The largest absolute Gasteiger partial charge is 0.395 e. The topological polar surface area (TPSA) is 35.5 Å². The van der Waals surface area contributed by atoms with Crippen LogP contribution in [0.15, 0.2) is 0 Å². The fraction of sp³-hybridized carbons (Fsp3) is 1.00. The third kappa shape index (κ3) is 4.40. The molecule has 0 radical (unpaired) electrons. The Balaban J connectivity index is 4.18. The lowest BCUT2D eigenvalue weighted by Gasteiger charge is -2.35. The SMILES string of the molecule is CCC(CC)(CNC)CN(C)CCO. The minimum Gasteiger partial charge on any atom is -0.395 e. The molecule has 0 amide bonds. The Morgan fingerprint density at radius 1 is 1.29 bits per heavy atom. The van der Waals surface area contributed by atoms with Crippen LogP contribution in [0.25, 0.3) is 0 Å². The van der Waals surface area contributed by atoms with Crippen molar-refractivity contribution in [2.45, 2.75) is 26.7 Å². The van der Waals surface area contributed by atoms with Gasteiger partial charge in [-0.2, -0.15) is 0 Å². The molecule has 0 aliphatic rings. The second-order valence-electron chi connectivity index (χ2n) is 4.20. The molecule has 0 aromatic rings. The van der Waals surface area contributed by atoms with Crippen molar-refractivity contribution in [2.75, 3.05) is 40.3 Å². The molecular formula is C11H26N2O. The summed E-state index contributed by atoms with van der Waals surface area (Å²) >= 11 is 0. The summed E-state index contributed by atoms with van der Waals surface area (Å²) in [6.45, 7) is 7.61. The summed E-state index contributed by atoms with van der Waals surface area (Å²) in [7, 11) is 4.08. The number of nitrogens with zero attached hydrogens (tertiary/aromatic N) is 1. The molecule has 0 unspecified atom stereocenters. The molecule has 0 bridgehead atoms. The Bertz CT molecular complexity index is 135. The van der Waals surface area contributed by atoms with Gasteiger partial charge in [-0.3, -0.25) is 0 Å². The normalized spacial score (nSPS) is 12.4. The highest BCUT2D eigenvalue weighted by Gasteiger charge is 2.26. The Morgan fingerprint density at radius 2 is 1.86 bits per heavy atom. The summed E-state index contributed by atoms with van der Waals surface area (Å²) in [5.74, 6) is 0. The number of nitrogens with one attached hydrogen (secondary N) is 1. The molecule has 0 spiro atoms. The first-order valence-corrected chi connectivity index (χ1v) is 5.58. The summed E-state index contributed by atoms with van der Waals surface area (Å²) in [5, 5.41) is 12.1. The molecule has 2 N–H and O–H groups in total. The zero-order chi connectivity index (χ0) is 11.0. The summed E-state index contributed by atoms with van der Waals surface area (Å²) < 4.78 is 0. The van der Waals surface area contributed by atoms with Gasteiger partial charge in [0.05, 0.1) is 6.61 Å². The smallest absolute Gasteiger partial charge is 0.0558 e. The van der Waals surface area contributed by atoms with E-state index < -0.39 is 0 Å². The van der Waals surface area contributed by atoms with E-state index in [9.17, 15) is 0 Å². The van der Waals surface area contributed by atoms with Crippen LogP contribution in [0.1, 0.15) is 26.7 Å². The van der Waals surface area contributed by atoms with Crippen LogP contribution in [0, 0.1) is 5.41 Å². The molecule has 0 fully saturated rings. The molecule has 0 heterocycles. The zero-order valence-corrected chi connectivity index (χ0v) is 10.1. The van der Waals surface area contributed by atoms with Crippen LogP contribution in [0.2, 0.25) is 0 Å². The van der Waals surface area contributed by atoms with E-state index in [2.05, 4.69) is 31.1 Å². The van der Waals surface area contributed by atoms with Crippen molar-refractivity contribution in [3.05, 3.63) is 0 Å². The third-order valence-corrected chi connectivity index (χ3v) is 3.14. The third-order valence-electron chi connectivity index (χ3n) is 3.14. The lowest BCUT2D eigenvalue weighted by atomic mass is 9.81. The Labute approximate surface area is 88.5 Å². The minimum absolute atomic E-state index is 0.250. The van der Waals surface area contributed by atoms with E-state index in [1.165, 1.54) is 12.8 Å². The van der Waals surface area contributed by atoms with Gasteiger partial charge in [0, 0.05) is 19.6 Å².